The van der Waals surface area contributed by atoms with E-state index in [-0.39, 0.29) is 0 Å². The third-order valence-corrected chi connectivity index (χ3v) is 4.91. The monoisotopic (exact) mass is 446 g/mol. The SMILES string of the molecule is COc1ccnccc(Oc2ccc(NCCOc3ccccc3C)cc2)c(C)cc1OC. The Hall–Kier alpha value is -3.93. The second-order valence-electron chi connectivity index (χ2n) is 7.28. The van der Waals surface area contributed by atoms with Crippen LogP contribution in [0.3, 0.4) is 0 Å². The molecular weight excluding hydrogens is 416 g/mol. The van der Waals surface area contributed by atoms with Crippen molar-refractivity contribution in [1.82, 2.24) is 4.98 Å². The largest absolute Gasteiger partial charge is 0.493 e. The third kappa shape index (κ3) is 7.04. The lowest BCUT2D eigenvalue weighted by molar-refractivity contribution is 0.330. The van der Waals surface area contributed by atoms with Gasteiger partial charge >= 0.3 is 0 Å². The first-order valence-corrected chi connectivity index (χ1v) is 10.7. The summed E-state index contributed by atoms with van der Waals surface area (Å²) in [5.41, 5.74) is 2.99. The molecule has 0 amide bonds. The number of benzene rings is 2. The van der Waals surface area contributed by atoms with Gasteiger partial charge in [-0.1, -0.05) is 18.2 Å². The van der Waals surface area contributed by atoms with Gasteiger partial charge in [0.05, 0.1) is 14.2 Å². The Morgan fingerprint density at radius 3 is 2.12 bits per heavy atom. The molecule has 33 heavy (non-hydrogen) atoms. The second-order valence-corrected chi connectivity index (χ2v) is 7.28. The predicted molar refractivity (Wildman–Crippen MR) is 131 cm³/mol. The number of aryl methyl sites for hydroxylation is 2. The van der Waals surface area contributed by atoms with Gasteiger partial charge < -0.3 is 24.3 Å². The Morgan fingerprint density at radius 1 is 0.727 bits per heavy atom. The fourth-order valence-electron chi connectivity index (χ4n) is 3.11. The number of para-hydroxylation sites is 1. The molecule has 0 atom stereocenters. The van der Waals surface area contributed by atoms with Gasteiger partial charge in [-0.3, -0.25) is 4.98 Å². The molecule has 1 N–H and O–H groups in total. The summed E-state index contributed by atoms with van der Waals surface area (Å²) >= 11 is 0. The van der Waals surface area contributed by atoms with Crippen molar-refractivity contribution in [2.75, 3.05) is 32.7 Å². The summed E-state index contributed by atoms with van der Waals surface area (Å²) < 4.78 is 22.8. The highest BCUT2D eigenvalue weighted by Crippen LogP contribution is 2.29. The van der Waals surface area contributed by atoms with Crippen LogP contribution in [-0.2, 0) is 0 Å². The topological polar surface area (TPSA) is 61.8 Å². The Kier molecular flexibility index (Phi) is 8.77. The van der Waals surface area contributed by atoms with Crippen LogP contribution in [0.1, 0.15) is 11.1 Å². The fourth-order valence-corrected chi connectivity index (χ4v) is 3.11. The minimum Gasteiger partial charge on any atom is -0.493 e. The number of anilines is 1. The molecule has 6 nitrogen and oxygen atoms in total. The van der Waals surface area contributed by atoms with Crippen molar-refractivity contribution in [3.05, 3.63) is 90.3 Å². The van der Waals surface area contributed by atoms with Crippen molar-refractivity contribution in [3.8, 4) is 28.7 Å². The molecule has 1 aromatic heterocycles. The molecular formula is C27H30N2O4. The molecule has 0 aliphatic carbocycles. The van der Waals surface area contributed by atoms with E-state index in [9.17, 15) is 0 Å². The van der Waals surface area contributed by atoms with Crippen molar-refractivity contribution in [2.45, 2.75) is 13.8 Å². The third-order valence-electron chi connectivity index (χ3n) is 4.91. The number of aromatic nitrogens is 1. The second kappa shape index (κ2) is 12.2. The van der Waals surface area contributed by atoms with Gasteiger partial charge in [-0.25, -0.2) is 0 Å². The number of hydrogen-bond acceptors (Lipinski definition) is 6. The van der Waals surface area contributed by atoms with E-state index in [1.807, 2.05) is 74.5 Å². The van der Waals surface area contributed by atoms with Gasteiger partial charge in [-0.2, -0.15) is 0 Å². The van der Waals surface area contributed by atoms with Crippen molar-refractivity contribution >= 4 is 5.69 Å². The average Bonchev–Trinajstić information content (AvgIpc) is 2.83. The van der Waals surface area contributed by atoms with Gasteiger partial charge in [0.1, 0.15) is 23.9 Å². The first-order valence-electron chi connectivity index (χ1n) is 10.7. The zero-order valence-corrected chi connectivity index (χ0v) is 19.5. The molecule has 3 aromatic rings. The van der Waals surface area contributed by atoms with Crippen LogP contribution < -0.4 is 24.3 Å². The summed E-state index contributed by atoms with van der Waals surface area (Å²) in [6, 6.07) is 21.2. The standard InChI is InChI=1S/C27H30N2O4/c1-20-7-5-6-8-24(20)32-18-17-29-22-9-11-23(12-10-22)33-25-13-15-28-16-14-26(30-3)27(31-4)19-21(25)2/h5-16,19,29H,17-18H2,1-4H3. The highest BCUT2D eigenvalue weighted by Gasteiger charge is 2.04. The zero-order chi connectivity index (χ0) is 23.5. The van der Waals surface area contributed by atoms with Gasteiger partial charge in [0.2, 0.25) is 0 Å². The molecule has 0 unspecified atom stereocenters. The molecule has 0 radical (unpaired) electrons. The number of methoxy groups -OCH3 is 2. The van der Waals surface area contributed by atoms with Gasteiger partial charge in [-0.05, 0) is 67.4 Å². The van der Waals surface area contributed by atoms with E-state index in [0.717, 1.165) is 22.6 Å². The van der Waals surface area contributed by atoms with Crippen LogP contribution in [0.2, 0.25) is 0 Å². The molecule has 6 heteroatoms. The van der Waals surface area contributed by atoms with Gasteiger partial charge in [0, 0.05) is 30.7 Å². The minimum absolute atomic E-state index is 0.576. The molecule has 0 saturated carbocycles. The van der Waals surface area contributed by atoms with Crippen LogP contribution in [0.4, 0.5) is 5.69 Å². The molecule has 0 aliphatic rings. The Bertz CT molecular complexity index is 1100. The van der Waals surface area contributed by atoms with E-state index in [1.54, 1.807) is 32.7 Å². The Balaban J connectivity index is 1.65. The lowest BCUT2D eigenvalue weighted by atomic mass is 10.2. The lowest BCUT2D eigenvalue weighted by Gasteiger charge is -2.12. The van der Waals surface area contributed by atoms with Crippen LogP contribution in [0.5, 0.6) is 28.7 Å². The zero-order valence-electron chi connectivity index (χ0n) is 19.5. The number of hydrogen-bond donors (Lipinski definition) is 1. The summed E-state index contributed by atoms with van der Waals surface area (Å²) in [4.78, 5) is 4.23. The molecule has 0 saturated heterocycles. The van der Waals surface area contributed by atoms with Crippen LogP contribution >= 0.6 is 0 Å². The highest BCUT2D eigenvalue weighted by molar-refractivity contribution is 5.48. The summed E-state index contributed by atoms with van der Waals surface area (Å²) in [5, 5.41) is 3.36. The van der Waals surface area contributed by atoms with Crippen LogP contribution in [-0.4, -0.2) is 32.4 Å². The van der Waals surface area contributed by atoms with Crippen molar-refractivity contribution in [2.24, 2.45) is 0 Å². The maximum Gasteiger partial charge on any atom is 0.162 e. The predicted octanol–water partition coefficient (Wildman–Crippen LogP) is 6.12. The number of ether oxygens (including phenoxy) is 4. The Labute approximate surface area is 195 Å². The number of rotatable bonds is 9. The highest BCUT2D eigenvalue weighted by atomic mass is 16.5. The van der Waals surface area contributed by atoms with E-state index < -0.39 is 0 Å². The molecule has 0 fully saturated rings. The normalized spacial score (nSPS) is 10.1. The smallest absolute Gasteiger partial charge is 0.162 e. The van der Waals surface area contributed by atoms with Crippen LogP contribution in [0.15, 0.2) is 79.1 Å². The summed E-state index contributed by atoms with van der Waals surface area (Å²) in [6.45, 7) is 5.26. The molecule has 0 spiro atoms. The van der Waals surface area contributed by atoms with E-state index in [0.29, 0.717) is 36.1 Å². The lowest BCUT2D eigenvalue weighted by Crippen LogP contribution is -2.11. The summed E-state index contributed by atoms with van der Waals surface area (Å²) in [7, 11) is 3.19. The fraction of sp³-hybridized carbons (Fsp3) is 0.222. The number of nitrogens with one attached hydrogen (secondary N) is 1. The minimum atomic E-state index is 0.576. The van der Waals surface area contributed by atoms with E-state index in [1.165, 1.54) is 0 Å². The quantitative estimate of drug-likeness (QED) is 0.399. The van der Waals surface area contributed by atoms with Crippen molar-refractivity contribution in [3.63, 3.8) is 0 Å². The van der Waals surface area contributed by atoms with E-state index in [4.69, 9.17) is 18.9 Å². The van der Waals surface area contributed by atoms with Crippen LogP contribution in [0, 0.1) is 13.8 Å². The number of nitrogens with zero attached hydrogens (tertiary/aromatic N) is 1. The molecule has 0 aliphatic heterocycles. The Morgan fingerprint density at radius 2 is 1.42 bits per heavy atom. The molecule has 2 aromatic carbocycles. The first-order chi connectivity index (χ1) is 16.1. The van der Waals surface area contributed by atoms with Crippen LogP contribution in [0.25, 0.3) is 0 Å². The molecule has 3 rings (SSSR count). The maximum atomic E-state index is 6.12. The van der Waals surface area contributed by atoms with Gasteiger partial charge in [0.25, 0.3) is 0 Å². The first kappa shape index (κ1) is 23.7. The molecule has 0 bridgehead atoms. The van der Waals surface area contributed by atoms with Gasteiger partial charge in [0.15, 0.2) is 11.5 Å². The van der Waals surface area contributed by atoms with Crippen molar-refractivity contribution in [1.29, 1.82) is 0 Å². The maximum absolute atomic E-state index is 6.12. The van der Waals surface area contributed by atoms with Crippen molar-refractivity contribution < 1.29 is 18.9 Å². The molecule has 1 heterocycles. The molecule has 172 valence electrons. The summed E-state index contributed by atoms with van der Waals surface area (Å²) in [6.07, 6.45) is 3.32. The van der Waals surface area contributed by atoms with Gasteiger partial charge in [-0.15, -0.1) is 0 Å². The summed E-state index contributed by atoms with van der Waals surface area (Å²) in [5.74, 6) is 3.45. The average molecular weight is 447 g/mol. The van der Waals surface area contributed by atoms with E-state index in [2.05, 4.69) is 10.3 Å². The van der Waals surface area contributed by atoms with E-state index >= 15 is 0 Å².